The van der Waals surface area contributed by atoms with E-state index in [4.69, 9.17) is 4.74 Å². The van der Waals surface area contributed by atoms with Crippen LogP contribution in [-0.2, 0) is 9.53 Å². The highest BCUT2D eigenvalue weighted by molar-refractivity contribution is 5.72. The lowest BCUT2D eigenvalue weighted by Crippen LogP contribution is -2.28. The monoisotopic (exact) mass is 217 g/mol. The Morgan fingerprint density at radius 1 is 1.47 bits per heavy atom. The average Bonchev–Trinajstić information content (AvgIpc) is 2.16. The van der Waals surface area contributed by atoms with Gasteiger partial charge in [0.25, 0.3) is 0 Å². The zero-order chi connectivity index (χ0) is 11.8. The number of rotatable bonds is 7. The highest BCUT2D eigenvalue weighted by Crippen LogP contribution is 2.19. The van der Waals surface area contributed by atoms with Crippen molar-refractivity contribution in [3.63, 3.8) is 0 Å². The molecule has 0 aromatic heterocycles. The van der Waals surface area contributed by atoms with Crippen LogP contribution in [0.5, 0.6) is 0 Å². The van der Waals surface area contributed by atoms with Gasteiger partial charge in [0.1, 0.15) is 0 Å². The van der Waals surface area contributed by atoms with Crippen molar-refractivity contribution >= 4 is 5.97 Å². The van der Waals surface area contributed by atoms with E-state index in [1.165, 1.54) is 0 Å². The first-order chi connectivity index (χ1) is 7.02. The van der Waals surface area contributed by atoms with Crippen LogP contribution in [0.3, 0.4) is 0 Å². The molecule has 0 bridgehead atoms. The number of nitro groups is 1. The summed E-state index contributed by atoms with van der Waals surface area (Å²) in [5.41, 5.74) is 0. The van der Waals surface area contributed by atoms with Gasteiger partial charge in [-0.05, 0) is 13.3 Å². The number of esters is 1. The number of hydrogen-bond acceptors (Lipinski definition) is 4. The van der Waals surface area contributed by atoms with Crippen molar-refractivity contribution < 1.29 is 14.5 Å². The van der Waals surface area contributed by atoms with Gasteiger partial charge >= 0.3 is 5.97 Å². The molecule has 0 aliphatic carbocycles. The molecule has 0 radical (unpaired) electrons. The lowest BCUT2D eigenvalue weighted by molar-refractivity contribution is -0.489. The first kappa shape index (κ1) is 13.9. The molecule has 0 saturated carbocycles. The topological polar surface area (TPSA) is 69.4 Å². The molecule has 0 aromatic carbocycles. The Bertz CT molecular complexity index is 217. The standard InChI is InChI=1S/C10H19NO4/c1-4-6-9(7-11(13)14)8(3)10(12)15-5-2/h8-9H,4-7H2,1-3H3. The molecular weight excluding hydrogens is 198 g/mol. The van der Waals surface area contributed by atoms with Crippen molar-refractivity contribution in [1.82, 2.24) is 0 Å². The maximum atomic E-state index is 11.4. The van der Waals surface area contributed by atoms with Gasteiger partial charge in [0.15, 0.2) is 0 Å². The predicted octanol–water partition coefficient (Wildman–Crippen LogP) is 1.88. The lowest BCUT2D eigenvalue weighted by atomic mass is 9.90. The van der Waals surface area contributed by atoms with Crippen LogP contribution in [0.1, 0.15) is 33.6 Å². The van der Waals surface area contributed by atoms with Crippen LogP contribution in [0.25, 0.3) is 0 Å². The molecule has 0 aliphatic heterocycles. The largest absolute Gasteiger partial charge is 0.466 e. The molecule has 0 rings (SSSR count). The van der Waals surface area contributed by atoms with Gasteiger partial charge in [-0.15, -0.1) is 0 Å². The highest BCUT2D eigenvalue weighted by atomic mass is 16.6. The van der Waals surface area contributed by atoms with E-state index >= 15 is 0 Å². The quantitative estimate of drug-likeness (QED) is 0.371. The van der Waals surface area contributed by atoms with Gasteiger partial charge < -0.3 is 4.74 Å². The third kappa shape index (κ3) is 5.34. The molecule has 88 valence electrons. The van der Waals surface area contributed by atoms with Crippen molar-refractivity contribution in [2.45, 2.75) is 33.6 Å². The highest BCUT2D eigenvalue weighted by Gasteiger charge is 2.28. The molecular formula is C10H19NO4. The lowest BCUT2D eigenvalue weighted by Gasteiger charge is -2.18. The van der Waals surface area contributed by atoms with Gasteiger partial charge in [-0.25, -0.2) is 0 Å². The molecule has 15 heavy (non-hydrogen) atoms. The summed E-state index contributed by atoms with van der Waals surface area (Å²) in [6, 6.07) is 0. The molecule has 0 aliphatic rings. The smallest absolute Gasteiger partial charge is 0.309 e. The van der Waals surface area contributed by atoms with Gasteiger partial charge in [-0.3, -0.25) is 14.9 Å². The first-order valence-corrected chi connectivity index (χ1v) is 5.31. The van der Waals surface area contributed by atoms with Crippen LogP contribution in [0, 0.1) is 22.0 Å². The molecule has 0 heterocycles. The third-order valence-corrected chi connectivity index (χ3v) is 2.41. The summed E-state index contributed by atoms with van der Waals surface area (Å²) >= 11 is 0. The molecule has 0 amide bonds. The van der Waals surface area contributed by atoms with Gasteiger partial charge in [0, 0.05) is 10.8 Å². The van der Waals surface area contributed by atoms with Gasteiger partial charge in [-0.1, -0.05) is 20.3 Å². The van der Waals surface area contributed by atoms with E-state index in [1.54, 1.807) is 13.8 Å². The summed E-state index contributed by atoms with van der Waals surface area (Å²) in [4.78, 5) is 21.5. The Hall–Kier alpha value is -1.13. The van der Waals surface area contributed by atoms with E-state index in [-0.39, 0.29) is 23.4 Å². The number of nitrogens with zero attached hydrogens (tertiary/aromatic N) is 1. The van der Waals surface area contributed by atoms with E-state index in [9.17, 15) is 14.9 Å². The van der Waals surface area contributed by atoms with Crippen LogP contribution in [-0.4, -0.2) is 24.0 Å². The fourth-order valence-electron chi connectivity index (χ4n) is 1.53. The second-order valence-corrected chi connectivity index (χ2v) is 3.60. The zero-order valence-corrected chi connectivity index (χ0v) is 9.56. The van der Waals surface area contributed by atoms with Crippen LogP contribution in [0.15, 0.2) is 0 Å². The van der Waals surface area contributed by atoms with Gasteiger partial charge in [0.2, 0.25) is 6.54 Å². The Labute approximate surface area is 90.0 Å². The average molecular weight is 217 g/mol. The predicted molar refractivity (Wildman–Crippen MR) is 56.1 cm³/mol. The van der Waals surface area contributed by atoms with E-state index in [2.05, 4.69) is 0 Å². The summed E-state index contributed by atoms with van der Waals surface area (Å²) in [5, 5.41) is 10.4. The second kappa shape index (κ2) is 7.20. The summed E-state index contributed by atoms with van der Waals surface area (Å²) in [7, 11) is 0. The van der Waals surface area contributed by atoms with E-state index in [0.29, 0.717) is 13.0 Å². The maximum Gasteiger partial charge on any atom is 0.309 e. The Balaban J connectivity index is 4.32. The van der Waals surface area contributed by atoms with E-state index in [0.717, 1.165) is 6.42 Å². The fourth-order valence-corrected chi connectivity index (χ4v) is 1.53. The van der Waals surface area contributed by atoms with Crippen molar-refractivity contribution in [1.29, 1.82) is 0 Å². The maximum absolute atomic E-state index is 11.4. The number of carbonyl (C=O) groups is 1. The van der Waals surface area contributed by atoms with E-state index < -0.39 is 5.92 Å². The van der Waals surface area contributed by atoms with Gasteiger partial charge in [-0.2, -0.15) is 0 Å². The molecule has 2 unspecified atom stereocenters. The van der Waals surface area contributed by atoms with Crippen LogP contribution in [0.2, 0.25) is 0 Å². The molecule has 5 nitrogen and oxygen atoms in total. The third-order valence-electron chi connectivity index (χ3n) is 2.41. The molecule has 0 N–H and O–H groups in total. The van der Waals surface area contributed by atoms with E-state index in [1.807, 2.05) is 6.92 Å². The molecule has 2 atom stereocenters. The first-order valence-electron chi connectivity index (χ1n) is 5.31. The number of ether oxygens (including phenoxy) is 1. The molecule has 5 heteroatoms. The minimum atomic E-state index is -0.393. The molecule has 0 fully saturated rings. The van der Waals surface area contributed by atoms with Crippen molar-refractivity contribution in [2.75, 3.05) is 13.2 Å². The van der Waals surface area contributed by atoms with Crippen LogP contribution >= 0.6 is 0 Å². The summed E-state index contributed by atoms with van der Waals surface area (Å²) in [5.74, 6) is -0.947. The second-order valence-electron chi connectivity index (χ2n) is 3.60. The summed E-state index contributed by atoms with van der Waals surface area (Å²) in [6.45, 7) is 5.54. The normalized spacial score (nSPS) is 14.3. The minimum absolute atomic E-state index is 0.159. The fraction of sp³-hybridized carbons (Fsp3) is 0.900. The van der Waals surface area contributed by atoms with Crippen molar-refractivity contribution in [2.24, 2.45) is 11.8 Å². The molecule has 0 spiro atoms. The Morgan fingerprint density at radius 3 is 2.47 bits per heavy atom. The van der Waals surface area contributed by atoms with Gasteiger partial charge in [0.05, 0.1) is 12.5 Å². The Kier molecular flexibility index (Phi) is 6.66. The van der Waals surface area contributed by atoms with Crippen LogP contribution in [0.4, 0.5) is 0 Å². The molecule has 0 aromatic rings. The summed E-state index contributed by atoms with van der Waals surface area (Å²) in [6.07, 6.45) is 1.52. The zero-order valence-electron chi connectivity index (χ0n) is 9.56. The minimum Gasteiger partial charge on any atom is -0.466 e. The van der Waals surface area contributed by atoms with Crippen molar-refractivity contribution in [3.05, 3.63) is 10.1 Å². The Morgan fingerprint density at radius 2 is 2.07 bits per heavy atom. The number of hydrogen-bond donors (Lipinski definition) is 0. The SMILES string of the molecule is CCCC(C[N+](=O)[O-])C(C)C(=O)OCC. The molecule has 0 saturated heterocycles. The number of carbonyl (C=O) groups excluding carboxylic acids is 1. The van der Waals surface area contributed by atoms with Crippen LogP contribution < -0.4 is 0 Å². The van der Waals surface area contributed by atoms with Crippen molar-refractivity contribution in [3.8, 4) is 0 Å². The summed E-state index contributed by atoms with van der Waals surface area (Å²) < 4.78 is 4.85.